The molecule has 0 atom stereocenters. The Labute approximate surface area is 96.9 Å². The Hall–Kier alpha value is -1.06. The molecule has 0 aliphatic rings. The van der Waals surface area contributed by atoms with Gasteiger partial charge in [0.05, 0.1) is 6.54 Å². The van der Waals surface area contributed by atoms with Gasteiger partial charge in [-0.1, -0.05) is 30.3 Å². The van der Waals surface area contributed by atoms with Gasteiger partial charge in [-0.25, -0.2) is 0 Å². The van der Waals surface area contributed by atoms with E-state index < -0.39 is 0 Å². The third-order valence-corrected chi connectivity index (χ3v) is 2.02. The van der Waals surface area contributed by atoms with E-state index in [1.54, 1.807) is 11.9 Å². The second-order valence-electron chi connectivity index (χ2n) is 3.27. The van der Waals surface area contributed by atoms with Gasteiger partial charge in [0, 0.05) is 13.6 Å². The second-order valence-corrected chi connectivity index (χ2v) is 3.27. The molecule has 0 aromatic heterocycles. The standard InChI is InChI=1S/C11H16N2O.ClH/c1-12-8-11(14)13(2)9-10-6-4-3-5-7-10;/h3-7,12H,8-9H2,1-2H3;1H. The third-order valence-electron chi connectivity index (χ3n) is 2.02. The predicted octanol–water partition coefficient (Wildman–Crippen LogP) is 1.29. The fourth-order valence-corrected chi connectivity index (χ4v) is 1.23. The topological polar surface area (TPSA) is 32.3 Å². The summed E-state index contributed by atoms with van der Waals surface area (Å²) in [5, 5.41) is 2.84. The summed E-state index contributed by atoms with van der Waals surface area (Å²) in [6, 6.07) is 9.96. The molecule has 0 saturated carbocycles. The van der Waals surface area contributed by atoms with Crippen molar-refractivity contribution >= 4 is 18.3 Å². The van der Waals surface area contributed by atoms with Crippen LogP contribution in [-0.2, 0) is 11.3 Å². The molecule has 0 fully saturated rings. The molecule has 1 aromatic carbocycles. The second kappa shape index (κ2) is 7.26. The molecule has 1 N–H and O–H groups in total. The zero-order valence-electron chi connectivity index (χ0n) is 9.06. The van der Waals surface area contributed by atoms with Gasteiger partial charge in [-0.3, -0.25) is 4.79 Å². The van der Waals surface area contributed by atoms with Gasteiger partial charge in [0.1, 0.15) is 0 Å². The lowest BCUT2D eigenvalue weighted by Gasteiger charge is -2.16. The van der Waals surface area contributed by atoms with Crippen LogP contribution in [0, 0.1) is 0 Å². The summed E-state index contributed by atoms with van der Waals surface area (Å²) in [6.45, 7) is 1.06. The highest BCUT2D eigenvalue weighted by Gasteiger charge is 2.06. The fraction of sp³-hybridized carbons (Fsp3) is 0.364. The zero-order chi connectivity index (χ0) is 10.4. The van der Waals surface area contributed by atoms with E-state index in [1.807, 2.05) is 37.4 Å². The normalized spacial score (nSPS) is 9.20. The van der Waals surface area contributed by atoms with Crippen molar-refractivity contribution in [2.45, 2.75) is 6.54 Å². The molecular formula is C11H17ClN2O. The van der Waals surface area contributed by atoms with Gasteiger partial charge in [0.2, 0.25) is 5.91 Å². The number of carbonyl (C=O) groups excluding carboxylic acids is 1. The minimum Gasteiger partial charge on any atom is -0.340 e. The third kappa shape index (κ3) is 4.81. The van der Waals surface area contributed by atoms with Crippen LogP contribution in [0.15, 0.2) is 30.3 Å². The molecule has 1 rings (SSSR count). The van der Waals surface area contributed by atoms with Gasteiger partial charge >= 0.3 is 0 Å². The Balaban J connectivity index is 0.00000196. The molecule has 0 heterocycles. The van der Waals surface area contributed by atoms with Crippen LogP contribution in [0.5, 0.6) is 0 Å². The van der Waals surface area contributed by atoms with Crippen LogP contribution in [0.2, 0.25) is 0 Å². The minimum atomic E-state index is 0. The van der Waals surface area contributed by atoms with Gasteiger partial charge in [0.15, 0.2) is 0 Å². The number of hydrogen-bond donors (Lipinski definition) is 1. The van der Waals surface area contributed by atoms with Gasteiger partial charge in [-0.2, -0.15) is 0 Å². The van der Waals surface area contributed by atoms with Crippen LogP contribution >= 0.6 is 12.4 Å². The first-order valence-electron chi connectivity index (χ1n) is 4.66. The molecule has 0 unspecified atom stereocenters. The van der Waals surface area contributed by atoms with E-state index in [0.717, 1.165) is 5.56 Å². The number of amides is 1. The van der Waals surface area contributed by atoms with Crippen LogP contribution in [0.1, 0.15) is 5.56 Å². The average Bonchev–Trinajstić information content (AvgIpc) is 2.19. The number of carbonyl (C=O) groups is 1. The fourth-order valence-electron chi connectivity index (χ4n) is 1.23. The van der Waals surface area contributed by atoms with Crippen LogP contribution in [-0.4, -0.2) is 31.4 Å². The first kappa shape index (κ1) is 13.9. The minimum absolute atomic E-state index is 0. The number of hydrogen-bond acceptors (Lipinski definition) is 2. The van der Waals surface area contributed by atoms with Crippen molar-refractivity contribution in [3.05, 3.63) is 35.9 Å². The summed E-state index contributed by atoms with van der Waals surface area (Å²) >= 11 is 0. The lowest BCUT2D eigenvalue weighted by molar-refractivity contribution is -0.129. The summed E-state index contributed by atoms with van der Waals surface area (Å²) in [5.74, 6) is 0.108. The maximum Gasteiger partial charge on any atom is 0.236 e. The molecule has 0 bridgehead atoms. The van der Waals surface area contributed by atoms with Crippen LogP contribution in [0.25, 0.3) is 0 Å². The number of nitrogens with zero attached hydrogens (tertiary/aromatic N) is 1. The van der Waals surface area contributed by atoms with Crippen molar-refractivity contribution in [1.82, 2.24) is 10.2 Å². The Kier molecular flexibility index (Phi) is 6.75. The monoisotopic (exact) mass is 228 g/mol. The van der Waals surface area contributed by atoms with E-state index in [2.05, 4.69) is 5.32 Å². The van der Waals surface area contributed by atoms with Crippen molar-refractivity contribution in [3.63, 3.8) is 0 Å². The molecule has 84 valence electrons. The molecule has 0 spiro atoms. The quantitative estimate of drug-likeness (QED) is 0.842. The smallest absolute Gasteiger partial charge is 0.236 e. The summed E-state index contributed by atoms with van der Waals surface area (Å²) in [7, 11) is 3.58. The Morgan fingerprint density at radius 1 is 1.33 bits per heavy atom. The van der Waals surface area contributed by atoms with Crippen molar-refractivity contribution in [2.24, 2.45) is 0 Å². The van der Waals surface area contributed by atoms with E-state index in [1.165, 1.54) is 0 Å². The summed E-state index contributed by atoms with van der Waals surface area (Å²) in [4.78, 5) is 13.1. The van der Waals surface area contributed by atoms with E-state index in [9.17, 15) is 4.79 Å². The van der Waals surface area contributed by atoms with E-state index in [0.29, 0.717) is 13.1 Å². The van der Waals surface area contributed by atoms with Crippen molar-refractivity contribution < 1.29 is 4.79 Å². The lowest BCUT2D eigenvalue weighted by atomic mass is 10.2. The highest BCUT2D eigenvalue weighted by molar-refractivity contribution is 5.85. The number of likely N-dealkylation sites (N-methyl/N-ethyl adjacent to an activating group) is 2. The first-order valence-corrected chi connectivity index (χ1v) is 4.66. The SMILES string of the molecule is CNCC(=O)N(C)Cc1ccccc1.Cl. The molecule has 0 radical (unpaired) electrons. The van der Waals surface area contributed by atoms with Crippen molar-refractivity contribution in [2.75, 3.05) is 20.6 Å². The molecule has 4 heteroatoms. The summed E-state index contributed by atoms with van der Waals surface area (Å²) < 4.78 is 0. The molecule has 1 aromatic rings. The average molecular weight is 229 g/mol. The largest absolute Gasteiger partial charge is 0.340 e. The molecule has 0 aliphatic carbocycles. The van der Waals surface area contributed by atoms with Crippen LogP contribution in [0.3, 0.4) is 0 Å². The maximum absolute atomic E-state index is 11.4. The number of rotatable bonds is 4. The highest BCUT2D eigenvalue weighted by Crippen LogP contribution is 2.02. The van der Waals surface area contributed by atoms with E-state index in [4.69, 9.17) is 0 Å². The molecule has 3 nitrogen and oxygen atoms in total. The number of benzene rings is 1. The molecular weight excluding hydrogens is 212 g/mol. The van der Waals surface area contributed by atoms with Crippen molar-refractivity contribution in [1.29, 1.82) is 0 Å². The number of halogens is 1. The maximum atomic E-state index is 11.4. The Morgan fingerprint density at radius 3 is 2.47 bits per heavy atom. The van der Waals surface area contributed by atoms with Gasteiger partial charge in [-0.15, -0.1) is 12.4 Å². The van der Waals surface area contributed by atoms with Crippen LogP contribution < -0.4 is 5.32 Å². The summed E-state index contributed by atoms with van der Waals surface area (Å²) in [5.41, 5.74) is 1.15. The number of nitrogens with one attached hydrogen (secondary N) is 1. The molecule has 1 amide bonds. The first-order chi connectivity index (χ1) is 6.74. The highest BCUT2D eigenvalue weighted by atomic mass is 35.5. The Morgan fingerprint density at radius 2 is 1.93 bits per heavy atom. The van der Waals surface area contributed by atoms with Crippen LogP contribution in [0.4, 0.5) is 0 Å². The Bertz CT molecular complexity index is 290. The van der Waals surface area contributed by atoms with Gasteiger partial charge in [-0.05, 0) is 12.6 Å². The molecule has 0 saturated heterocycles. The van der Waals surface area contributed by atoms with E-state index >= 15 is 0 Å². The predicted molar refractivity (Wildman–Crippen MR) is 64.1 cm³/mol. The van der Waals surface area contributed by atoms with Gasteiger partial charge < -0.3 is 10.2 Å². The lowest BCUT2D eigenvalue weighted by Crippen LogP contribution is -2.33. The van der Waals surface area contributed by atoms with E-state index in [-0.39, 0.29) is 18.3 Å². The summed E-state index contributed by atoms with van der Waals surface area (Å²) in [6.07, 6.45) is 0. The molecule has 15 heavy (non-hydrogen) atoms. The van der Waals surface area contributed by atoms with Gasteiger partial charge in [0.25, 0.3) is 0 Å². The van der Waals surface area contributed by atoms with Crippen molar-refractivity contribution in [3.8, 4) is 0 Å². The zero-order valence-corrected chi connectivity index (χ0v) is 9.88. The molecule has 0 aliphatic heterocycles.